The number of hydrogen-bond donors (Lipinski definition) is 1. The molecule has 0 saturated carbocycles. The number of amides is 1. The number of piperidine rings is 1. The lowest BCUT2D eigenvalue weighted by molar-refractivity contribution is -0.117. The lowest BCUT2D eigenvalue weighted by Crippen LogP contribution is -2.38. The van der Waals surface area contributed by atoms with Crippen LogP contribution in [0.1, 0.15) is 37.0 Å². The quantitative estimate of drug-likeness (QED) is 0.725. The first-order valence-corrected chi connectivity index (χ1v) is 10.4. The molecule has 7 heteroatoms. The van der Waals surface area contributed by atoms with E-state index >= 15 is 0 Å². The average Bonchev–Trinajstić information content (AvgIpc) is 3.08. The summed E-state index contributed by atoms with van der Waals surface area (Å²) in [5, 5.41) is 5.13. The monoisotopic (exact) mass is 404 g/mol. The van der Waals surface area contributed by atoms with Gasteiger partial charge in [-0.2, -0.15) is 0 Å². The smallest absolute Gasteiger partial charge is 0.341 e. The predicted molar refractivity (Wildman–Crippen MR) is 109 cm³/mol. The van der Waals surface area contributed by atoms with Crippen LogP contribution in [0.3, 0.4) is 0 Å². The second kappa shape index (κ2) is 9.30. The fourth-order valence-corrected chi connectivity index (χ4v) is 4.26. The molecule has 1 saturated heterocycles. The van der Waals surface area contributed by atoms with Crippen LogP contribution in [-0.2, 0) is 9.53 Å². The Kier molecular flexibility index (Phi) is 6.80. The first kappa shape index (κ1) is 20.5. The molecule has 1 amide bonds. The maximum atomic E-state index is 13.3. The number of nitrogens with one attached hydrogen (secondary N) is 1. The summed E-state index contributed by atoms with van der Waals surface area (Å²) in [6.07, 6.45) is 2.18. The molecule has 0 unspecified atom stereocenters. The van der Waals surface area contributed by atoms with Crippen LogP contribution < -0.4 is 5.32 Å². The van der Waals surface area contributed by atoms with Gasteiger partial charge in [0.25, 0.3) is 0 Å². The van der Waals surface area contributed by atoms with Crippen molar-refractivity contribution in [3.05, 3.63) is 41.0 Å². The topological polar surface area (TPSA) is 58.6 Å². The Hall–Kier alpha value is -2.25. The van der Waals surface area contributed by atoms with Gasteiger partial charge in [-0.15, -0.1) is 11.3 Å². The fraction of sp³-hybridized carbons (Fsp3) is 0.429. The Morgan fingerprint density at radius 3 is 2.57 bits per heavy atom. The fourth-order valence-electron chi connectivity index (χ4n) is 3.29. The molecule has 0 bridgehead atoms. The summed E-state index contributed by atoms with van der Waals surface area (Å²) in [6.45, 7) is 6.31. The third-order valence-electron chi connectivity index (χ3n) is 4.92. The van der Waals surface area contributed by atoms with Gasteiger partial charge in [0.15, 0.2) is 0 Å². The van der Waals surface area contributed by atoms with Crippen molar-refractivity contribution < 1.29 is 18.7 Å². The minimum atomic E-state index is -0.495. The zero-order valence-corrected chi connectivity index (χ0v) is 17.0. The van der Waals surface area contributed by atoms with Gasteiger partial charge in [0.2, 0.25) is 5.91 Å². The van der Waals surface area contributed by atoms with Gasteiger partial charge in [0, 0.05) is 10.9 Å². The van der Waals surface area contributed by atoms with Crippen molar-refractivity contribution in [1.29, 1.82) is 0 Å². The summed E-state index contributed by atoms with van der Waals surface area (Å²) in [5.41, 5.74) is 1.65. The number of rotatable bonds is 6. The molecule has 1 aliphatic heterocycles. The largest absolute Gasteiger partial charge is 0.462 e. The van der Waals surface area contributed by atoms with Gasteiger partial charge < -0.3 is 10.1 Å². The van der Waals surface area contributed by atoms with Gasteiger partial charge in [0.1, 0.15) is 16.4 Å². The van der Waals surface area contributed by atoms with Gasteiger partial charge >= 0.3 is 5.97 Å². The Balaban J connectivity index is 1.79. The molecular weight excluding hydrogens is 379 g/mol. The molecule has 0 spiro atoms. The molecule has 0 atom stereocenters. The Morgan fingerprint density at radius 2 is 1.93 bits per heavy atom. The summed E-state index contributed by atoms with van der Waals surface area (Å²) in [4.78, 5) is 27.2. The minimum Gasteiger partial charge on any atom is -0.462 e. The maximum Gasteiger partial charge on any atom is 0.341 e. The summed E-state index contributed by atoms with van der Waals surface area (Å²) in [5.74, 6) is -0.288. The molecule has 1 fully saturated rings. The van der Waals surface area contributed by atoms with Crippen LogP contribution in [0.25, 0.3) is 11.1 Å². The Bertz CT molecular complexity index is 827. The van der Waals surface area contributed by atoms with Crippen LogP contribution in [0, 0.1) is 11.7 Å². The van der Waals surface area contributed by atoms with E-state index < -0.39 is 5.97 Å². The second-order valence-corrected chi connectivity index (χ2v) is 7.97. The van der Waals surface area contributed by atoms with Crippen LogP contribution in [-0.4, -0.2) is 43.0 Å². The minimum absolute atomic E-state index is 0.146. The van der Waals surface area contributed by atoms with Crippen LogP contribution in [0.4, 0.5) is 9.39 Å². The normalized spacial score (nSPS) is 15.4. The molecule has 28 heavy (non-hydrogen) atoms. The SMILES string of the molecule is CCOC(=O)c1c(-c2ccc(F)cc2)csc1NC(=O)CN1CCC(C)CC1. The molecular formula is C21H25FN2O3S. The van der Waals surface area contributed by atoms with Crippen molar-refractivity contribution in [1.82, 2.24) is 4.90 Å². The average molecular weight is 405 g/mol. The van der Waals surface area contributed by atoms with Crippen molar-refractivity contribution in [3.8, 4) is 11.1 Å². The molecule has 1 aromatic carbocycles. The van der Waals surface area contributed by atoms with E-state index in [1.54, 1.807) is 24.4 Å². The van der Waals surface area contributed by atoms with Crippen molar-refractivity contribution in [2.45, 2.75) is 26.7 Å². The van der Waals surface area contributed by atoms with Crippen molar-refractivity contribution in [2.75, 3.05) is 31.6 Å². The highest BCUT2D eigenvalue weighted by Gasteiger charge is 2.24. The van der Waals surface area contributed by atoms with Crippen molar-refractivity contribution in [2.24, 2.45) is 5.92 Å². The van der Waals surface area contributed by atoms with Crippen molar-refractivity contribution in [3.63, 3.8) is 0 Å². The highest BCUT2D eigenvalue weighted by molar-refractivity contribution is 7.15. The first-order chi connectivity index (χ1) is 13.5. The molecule has 0 radical (unpaired) electrons. The van der Waals surface area contributed by atoms with E-state index in [0.29, 0.717) is 34.2 Å². The van der Waals surface area contributed by atoms with E-state index in [4.69, 9.17) is 4.74 Å². The number of hydrogen-bond acceptors (Lipinski definition) is 5. The molecule has 5 nitrogen and oxygen atoms in total. The third-order valence-corrected chi connectivity index (χ3v) is 5.82. The van der Waals surface area contributed by atoms with Crippen LogP contribution in [0.5, 0.6) is 0 Å². The molecule has 2 aromatic rings. The van der Waals surface area contributed by atoms with Gasteiger partial charge in [-0.05, 0) is 56.5 Å². The van der Waals surface area contributed by atoms with Gasteiger partial charge in [0.05, 0.1) is 13.2 Å². The third kappa shape index (κ3) is 4.97. The standard InChI is InChI=1S/C21H25FN2O3S/c1-3-27-21(26)19-17(15-4-6-16(22)7-5-15)13-28-20(19)23-18(25)12-24-10-8-14(2)9-11-24/h4-7,13-14H,3,8-12H2,1-2H3,(H,23,25). The van der Waals surface area contributed by atoms with Gasteiger partial charge in [-0.25, -0.2) is 9.18 Å². The summed E-state index contributed by atoms with van der Waals surface area (Å²) in [6, 6.07) is 5.91. The number of nitrogens with zero attached hydrogens (tertiary/aromatic N) is 1. The zero-order valence-electron chi connectivity index (χ0n) is 16.2. The van der Waals surface area contributed by atoms with Crippen LogP contribution in [0.15, 0.2) is 29.6 Å². The number of thiophene rings is 1. The number of carbonyl (C=O) groups is 2. The Labute approximate surface area is 168 Å². The van der Waals surface area contributed by atoms with Crippen LogP contribution in [0.2, 0.25) is 0 Å². The van der Waals surface area contributed by atoms with E-state index in [9.17, 15) is 14.0 Å². The summed E-state index contributed by atoms with van der Waals surface area (Å²) < 4.78 is 18.4. The van der Waals surface area contributed by atoms with E-state index in [0.717, 1.165) is 25.9 Å². The second-order valence-electron chi connectivity index (χ2n) is 7.09. The van der Waals surface area contributed by atoms with E-state index in [1.165, 1.54) is 23.5 Å². The summed E-state index contributed by atoms with van der Waals surface area (Å²) in [7, 11) is 0. The molecule has 150 valence electrons. The van der Waals surface area contributed by atoms with E-state index in [2.05, 4.69) is 17.1 Å². The van der Waals surface area contributed by atoms with E-state index in [1.807, 2.05) is 0 Å². The number of likely N-dealkylation sites (tertiary alicyclic amines) is 1. The zero-order chi connectivity index (χ0) is 20.1. The van der Waals surface area contributed by atoms with Crippen molar-refractivity contribution >= 4 is 28.2 Å². The van der Waals surface area contributed by atoms with Crippen LogP contribution >= 0.6 is 11.3 Å². The molecule has 0 aliphatic carbocycles. The number of halogens is 1. The number of esters is 1. The first-order valence-electron chi connectivity index (χ1n) is 9.54. The molecule has 1 N–H and O–H groups in total. The van der Waals surface area contributed by atoms with E-state index in [-0.39, 0.29) is 18.3 Å². The lowest BCUT2D eigenvalue weighted by atomic mass is 9.99. The highest BCUT2D eigenvalue weighted by Crippen LogP contribution is 2.36. The highest BCUT2D eigenvalue weighted by atomic mass is 32.1. The number of benzene rings is 1. The molecule has 3 rings (SSSR count). The molecule has 2 heterocycles. The van der Waals surface area contributed by atoms with Gasteiger partial charge in [-0.3, -0.25) is 9.69 Å². The van der Waals surface area contributed by atoms with Gasteiger partial charge in [-0.1, -0.05) is 19.1 Å². The molecule has 1 aliphatic rings. The number of ether oxygens (including phenoxy) is 1. The number of carbonyl (C=O) groups excluding carboxylic acids is 2. The maximum absolute atomic E-state index is 13.3. The lowest BCUT2D eigenvalue weighted by Gasteiger charge is -2.29. The number of anilines is 1. The molecule has 1 aromatic heterocycles. The Morgan fingerprint density at radius 1 is 1.25 bits per heavy atom. The predicted octanol–water partition coefficient (Wildman–Crippen LogP) is 4.40. The summed E-state index contributed by atoms with van der Waals surface area (Å²) >= 11 is 1.28.